The molecule has 0 aromatic carbocycles. The van der Waals surface area contributed by atoms with Crippen molar-refractivity contribution >= 4 is 6.03 Å². The van der Waals surface area contributed by atoms with E-state index in [9.17, 15) is 4.79 Å². The maximum absolute atomic E-state index is 11.7. The molecule has 1 rings (SSSR count). The molecule has 1 aromatic heterocycles. The van der Waals surface area contributed by atoms with E-state index < -0.39 is 0 Å². The van der Waals surface area contributed by atoms with E-state index in [1.54, 1.807) is 0 Å². The van der Waals surface area contributed by atoms with E-state index in [-0.39, 0.29) is 19.2 Å². The van der Waals surface area contributed by atoms with Crippen LogP contribution in [0, 0.1) is 25.7 Å². The fraction of sp³-hybridized carbons (Fsp3) is 0.733. The van der Waals surface area contributed by atoms with Crippen LogP contribution in [0.15, 0.2) is 4.42 Å². The summed E-state index contributed by atoms with van der Waals surface area (Å²) >= 11 is 0. The number of oxazole rings is 1. The molecule has 3 N–H and O–H groups in total. The third-order valence-electron chi connectivity index (χ3n) is 3.37. The Labute approximate surface area is 126 Å². The molecule has 0 aliphatic rings. The van der Waals surface area contributed by atoms with Crippen molar-refractivity contribution in [3.05, 3.63) is 17.3 Å². The molecule has 0 aliphatic heterocycles. The van der Waals surface area contributed by atoms with Crippen LogP contribution in [0.1, 0.15) is 44.0 Å². The summed E-state index contributed by atoms with van der Waals surface area (Å²) in [7, 11) is 0. The first-order chi connectivity index (χ1) is 9.92. The molecule has 2 amide bonds. The third kappa shape index (κ3) is 6.62. The highest BCUT2D eigenvalue weighted by Crippen LogP contribution is 2.14. The quantitative estimate of drug-likeness (QED) is 0.686. The summed E-state index contributed by atoms with van der Waals surface area (Å²) in [4.78, 5) is 16.0. The van der Waals surface area contributed by atoms with E-state index in [1.165, 1.54) is 0 Å². The zero-order valence-electron chi connectivity index (χ0n) is 13.4. The van der Waals surface area contributed by atoms with Crippen LogP contribution in [0.3, 0.4) is 0 Å². The number of carbonyl (C=O) groups is 1. The Morgan fingerprint density at radius 1 is 1.33 bits per heavy atom. The normalized spacial score (nSPS) is 12.5. The highest BCUT2D eigenvalue weighted by atomic mass is 16.4. The van der Waals surface area contributed by atoms with Gasteiger partial charge in [-0.25, -0.2) is 9.78 Å². The molecule has 0 aliphatic carbocycles. The van der Waals surface area contributed by atoms with Crippen molar-refractivity contribution in [3.8, 4) is 0 Å². The van der Waals surface area contributed by atoms with E-state index >= 15 is 0 Å². The molecule has 1 atom stereocenters. The summed E-state index contributed by atoms with van der Waals surface area (Å²) in [5.74, 6) is 2.12. The topological polar surface area (TPSA) is 87.4 Å². The maximum Gasteiger partial charge on any atom is 0.315 e. The number of amides is 2. The van der Waals surface area contributed by atoms with Crippen LogP contribution in [0.25, 0.3) is 0 Å². The first kappa shape index (κ1) is 17.5. The van der Waals surface area contributed by atoms with Crippen LogP contribution >= 0.6 is 0 Å². The summed E-state index contributed by atoms with van der Waals surface area (Å²) in [6.07, 6.45) is 1.69. The minimum Gasteiger partial charge on any atom is -0.444 e. The second-order valence-corrected chi connectivity index (χ2v) is 5.82. The number of hydrogen-bond acceptors (Lipinski definition) is 4. The Morgan fingerprint density at radius 3 is 2.57 bits per heavy atom. The lowest BCUT2D eigenvalue weighted by atomic mass is 9.94. The average Bonchev–Trinajstić information content (AvgIpc) is 2.72. The average molecular weight is 297 g/mol. The lowest BCUT2D eigenvalue weighted by Crippen LogP contribution is -2.38. The van der Waals surface area contributed by atoms with Gasteiger partial charge in [-0.1, -0.05) is 13.8 Å². The lowest BCUT2D eigenvalue weighted by molar-refractivity contribution is 0.224. The van der Waals surface area contributed by atoms with Gasteiger partial charge in [0.05, 0.1) is 12.2 Å². The number of aliphatic hydroxyl groups excluding tert-OH is 1. The summed E-state index contributed by atoms with van der Waals surface area (Å²) < 4.78 is 5.39. The van der Waals surface area contributed by atoms with Crippen molar-refractivity contribution in [1.82, 2.24) is 15.6 Å². The van der Waals surface area contributed by atoms with Crippen molar-refractivity contribution in [2.75, 3.05) is 13.2 Å². The largest absolute Gasteiger partial charge is 0.444 e. The van der Waals surface area contributed by atoms with Gasteiger partial charge in [0.1, 0.15) is 5.76 Å². The minimum absolute atomic E-state index is 0.148. The number of rotatable bonds is 8. The number of carbonyl (C=O) groups excluding carboxylic acids is 1. The van der Waals surface area contributed by atoms with Crippen LogP contribution in [0.2, 0.25) is 0 Å². The molecule has 1 unspecified atom stereocenters. The molecular formula is C15H27N3O3. The zero-order chi connectivity index (χ0) is 15.8. The van der Waals surface area contributed by atoms with E-state index in [4.69, 9.17) is 9.52 Å². The highest BCUT2D eigenvalue weighted by Gasteiger charge is 2.12. The molecule has 0 saturated carbocycles. The van der Waals surface area contributed by atoms with Crippen molar-refractivity contribution in [2.45, 2.75) is 47.1 Å². The first-order valence-electron chi connectivity index (χ1n) is 7.47. The van der Waals surface area contributed by atoms with Crippen molar-refractivity contribution < 1.29 is 14.3 Å². The predicted molar refractivity (Wildman–Crippen MR) is 80.9 cm³/mol. The molecule has 0 saturated heterocycles. The number of aromatic nitrogens is 1. The fourth-order valence-corrected chi connectivity index (χ4v) is 2.22. The van der Waals surface area contributed by atoms with Gasteiger partial charge in [0.2, 0.25) is 5.89 Å². The highest BCUT2D eigenvalue weighted by molar-refractivity contribution is 5.73. The van der Waals surface area contributed by atoms with Crippen LogP contribution in [0.4, 0.5) is 4.79 Å². The summed E-state index contributed by atoms with van der Waals surface area (Å²) in [5.41, 5.74) is 0.840. The van der Waals surface area contributed by atoms with Gasteiger partial charge in [-0.2, -0.15) is 0 Å². The Bertz CT molecular complexity index is 424. The van der Waals surface area contributed by atoms with Crippen LogP contribution in [-0.2, 0) is 6.54 Å². The molecule has 1 aromatic rings. The second-order valence-electron chi connectivity index (χ2n) is 5.82. The standard InChI is InChI=1S/C15H27N3O3/c1-10(2)7-13(5-6-19)8-16-15(20)17-9-14-18-11(3)12(4)21-14/h10,13,19H,5-9H2,1-4H3,(H2,16,17,20). The van der Waals surface area contributed by atoms with Gasteiger partial charge in [0, 0.05) is 13.2 Å². The van der Waals surface area contributed by atoms with E-state index in [1.807, 2.05) is 13.8 Å². The molecule has 0 spiro atoms. The Kier molecular flexibility index (Phi) is 7.22. The van der Waals surface area contributed by atoms with Crippen LogP contribution < -0.4 is 10.6 Å². The van der Waals surface area contributed by atoms with Gasteiger partial charge in [-0.3, -0.25) is 0 Å². The number of nitrogens with one attached hydrogen (secondary N) is 2. The van der Waals surface area contributed by atoms with E-state index in [0.29, 0.717) is 30.7 Å². The fourth-order valence-electron chi connectivity index (χ4n) is 2.22. The van der Waals surface area contributed by atoms with Crippen LogP contribution in [-0.4, -0.2) is 29.3 Å². The maximum atomic E-state index is 11.7. The number of nitrogens with zero attached hydrogens (tertiary/aromatic N) is 1. The Morgan fingerprint density at radius 2 is 2.05 bits per heavy atom. The second kappa shape index (κ2) is 8.67. The molecule has 120 valence electrons. The Balaban J connectivity index is 2.32. The summed E-state index contributed by atoms with van der Waals surface area (Å²) in [6.45, 7) is 8.97. The number of hydrogen-bond donors (Lipinski definition) is 3. The molecular weight excluding hydrogens is 270 g/mol. The van der Waals surface area contributed by atoms with Gasteiger partial charge in [0.25, 0.3) is 0 Å². The molecule has 0 fully saturated rings. The summed E-state index contributed by atoms with van der Waals surface area (Å²) in [6, 6.07) is -0.241. The number of urea groups is 1. The lowest BCUT2D eigenvalue weighted by Gasteiger charge is -2.18. The Hall–Kier alpha value is -1.56. The first-order valence-corrected chi connectivity index (χ1v) is 7.47. The molecule has 6 heteroatoms. The van der Waals surface area contributed by atoms with Gasteiger partial charge in [0.15, 0.2) is 0 Å². The van der Waals surface area contributed by atoms with Crippen molar-refractivity contribution in [3.63, 3.8) is 0 Å². The minimum atomic E-state index is -0.241. The van der Waals surface area contributed by atoms with Gasteiger partial charge in [-0.05, 0) is 38.5 Å². The van der Waals surface area contributed by atoms with Crippen molar-refractivity contribution in [1.29, 1.82) is 0 Å². The summed E-state index contributed by atoms with van der Waals surface area (Å²) in [5, 5.41) is 14.6. The molecule has 1 heterocycles. The SMILES string of the molecule is Cc1nc(CNC(=O)NCC(CCO)CC(C)C)oc1C. The molecule has 21 heavy (non-hydrogen) atoms. The molecule has 0 radical (unpaired) electrons. The number of aliphatic hydroxyl groups is 1. The van der Waals surface area contributed by atoms with E-state index in [2.05, 4.69) is 29.5 Å². The van der Waals surface area contributed by atoms with Gasteiger partial charge in [-0.15, -0.1) is 0 Å². The van der Waals surface area contributed by atoms with Crippen LogP contribution in [0.5, 0.6) is 0 Å². The number of aryl methyl sites for hydroxylation is 2. The third-order valence-corrected chi connectivity index (χ3v) is 3.37. The monoisotopic (exact) mass is 297 g/mol. The predicted octanol–water partition coefficient (Wildman–Crippen LogP) is 2.14. The van der Waals surface area contributed by atoms with Gasteiger partial charge >= 0.3 is 6.03 Å². The smallest absolute Gasteiger partial charge is 0.315 e. The van der Waals surface area contributed by atoms with Crippen molar-refractivity contribution in [2.24, 2.45) is 11.8 Å². The molecule has 0 bridgehead atoms. The zero-order valence-corrected chi connectivity index (χ0v) is 13.4. The van der Waals surface area contributed by atoms with E-state index in [0.717, 1.165) is 17.9 Å². The van der Waals surface area contributed by atoms with Gasteiger partial charge < -0.3 is 20.2 Å². The molecule has 6 nitrogen and oxygen atoms in total.